The van der Waals surface area contributed by atoms with Gasteiger partial charge in [-0.1, -0.05) is 18.2 Å². The molecule has 0 N–H and O–H groups in total. The molecule has 1 aliphatic heterocycles. The summed E-state index contributed by atoms with van der Waals surface area (Å²) in [5.41, 5.74) is 1.95. The van der Waals surface area contributed by atoms with Crippen LogP contribution in [0.25, 0.3) is 6.08 Å². The summed E-state index contributed by atoms with van der Waals surface area (Å²) in [4.78, 5) is 22.2. The van der Waals surface area contributed by atoms with Crippen LogP contribution in [0.1, 0.15) is 11.1 Å². The Labute approximate surface area is 132 Å². The van der Waals surface area contributed by atoms with Crippen molar-refractivity contribution in [3.05, 3.63) is 75.3 Å². The molecule has 0 bridgehead atoms. The van der Waals surface area contributed by atoms with E-state index in [4.69, 9.17) is 9.47 Å². The molecule has 0 fully saturated rings. The van der Waals surface area contributed by atoms with Crippen LogP contribution in [0.4, 0.5) is 5.69 Å². The lowest BCUT2D eigenvalue weighted by Crippen LogP contribution is -2.17. The minimum absolute atomic E-state index is 0.0000670. The third-order valence-electron chi connectivity index (χ3n) is 3.41. The number of nitro groups is 1. The lowest BCUT2D eigenvalue weighted by atomic mass is 10.1. The summed E-state index contributed by atoms with van der Waals surface area (Å²) in [7, 11) is 0. The van der Waals surface area contributed by atoms with Crippen molar-refractivity contribution >= 4 is 17.7 Å². The molecule has 6 nitrogen and oxygen atoms in total. The van der Waals surface area contributed by atoms with E-state index in [1.54, 1.807) is 18.2 Å². The number of rotatable bonds is 4. The average Bonchev–Trinajstić information content (AvgIpc) is 2.59. The second-order valence-corrected chi connectivity index (χ2v) is 5.00. The fourth-order valence-electron chi connectivity index (χ4n) is 2.19. The summed E-state index contributed by atoms with van der Waals surface area (Å²) >= 11 is 0. The van der Waals surface area contributed by atoms with Gasteiger partial charge in [0.1, 0.15) is 19.0 Å². The summed E-state index contributed by atoms with van der Waals surface area (Å²) in [5, 5.41) is 10.6. The molecule has 0 radical (unpaired) electrons. The maximum Gasteiger partial charge on any atom is 0.337 e. The van der Waals surface area contributed by atoms with E-state index in [1.807, 2.05) is 24.3 Å². The second-order valence-electron chi connectivity index (χ2n) is 5.00. The largest absolute Gasteiger partial charge is 0.488 e. The van der Waals surface area contributed by atoms with Gasteiger partial charge in [0, 0.05) is 17.7 Å². The Balaban J connectivity index is 1.64. The van der Waals surface area contributed by atoms with Crippen LogP contribution in [-0.4, -0.2) is 17.5 Å². The van der Waals surface area contributed by atoms with E-state index in [9.17, 15) is 14.9 Å². The number of carbonyl (C=O) groups excluding carboxylic acids is 1. The first-order chi connectivity index (χ1) is 11.1. The van der Waals surface area contributed by atoms with E-state index in [-0.39, 0.29) is 18.9 Å². The standard InChI is InChI=1S/C17H13NO5/c19-17(14-9-13-3-1-2-4-16(13)22-11-14)23-10-12-5-7-15(8-6-12)18(20)21/h1-9H,10-11H2. The van der Waals surface area contributed by atoms with Crippen LogP contribution < -0.4 is 4.74 Å². The van der Waals surface area contributed by atoms with E-state index in [0.717, 1.165) is 11.3 Å². The van der Waals surface area contributed by atoms with Gasteiger partial charge in [-0.05, 0) is 29.8 Å². The Kier molecular flexibility index (Phi) is 4.05. The molecular weight excluding hydrogens is 298 g/mol. The molecule has 1 heterocycles. The number of benzene rings is 2. The molecule has 2 aromatic carbocycles. The van der Waals surface area contributed by atoms with Crippen molar-refractivity contribution in [2.45, 2.75) is 6.61 Å². The highest BCUT2D eigenvalue weighted by Crippen LogP contribution is 2.26. The number of fused-ring (bicyclic) bond motifs is 1. The molecule has 0 atom stereocenters. The fourth-order valence-corrected chi connectivity index (χ4v) is 2.19. The van der Waals surface area contributed by atoms with Crippen molar-refractivity contribution < 1.29 is 19.2 Å². The SMILES string of the molecule is O=C(OCc1ccc([N+](=O)[O-])cc1)C1=Cc2ccccc2OC1. The highest BCUT2D eigenvalue weighted by atomic mass is 16.6. The number of esters is 1. The average molecular weight is 311 g/mol. The summed E-state index contributed by atoms with van der Waals surface area (Å²) in [5.74, 6) is 0.275. The summed E-state index contributed by atoms with van der Waals surface area (Å²) in [6.45, 7) is 0.214. The molecule has 23 heavy (non-hydrogen) atoms. The number of nitro benzene ring substituents is 1. The summed E-state index contributed by atoms with van der Waals surface area (Å²) in [6, 6.07) is 13.3. The normalized spacial score (nSPS) is 12.6. The lowest BCUT2D eigenvalue weighted by Gasteiger charge is -2.16. The topological polar surface area (TPSA) is 78.7 Å². The zero-order valence-electron chi connectivity index (χ0n) is 12.1. The zero-order valence-corrected chi connectivity index (χ0v) is 12.1. The van der Waals surface area contributed by atoms with Crippen LogP contribution in [0, 0.1) is 10.1 Å². The molecule has 0 unspecified atom stereocenters. The van der Waals surface area contributed by atoms with Crippen molar-refractivity contribution in [1.29, 1.82) is 0 Å². The van der Waals surface area contributed by atoms with Gasteiger partial charge in [0.05, 0.1) is 10.5 Å². The molecule has 0 aliphatic carbocycles. The van der Waals surface area contributed by atoms with E-state index in [2.05, 4.69) is 0 Å². The molecule has 6 heteroatoms. The molecular formula is C17H13NO5. The second kappa shape index (κ2) is 6.31. The Morgan fingerprint density at radius 3 is 2.65 bits per heavy atom. The predicted molar refractivity (Wildman–Crippen MR) is 82.8 cm³/mol. The third-order valence-corrected chi connectivity index (χ3v) is 3.41. The minimum Gasteiger partial charge on any atom is -0.488 e. The molecule has 2 aromatic rings. The smallest absolute Gasteiger partial charge is 0.337 e. The van der Waals surface area contributed by atoms with E-state index < -0.39 is 10.9 Å². The van der Waals surface area contributed by atoms with Crippen molar-refractivity contribution in [3.63, 3.8) is 0 Å². The molecule has 0 spiro atoms. The monoisotopic (exact) mass is 311 g/mol. The van der Waals surface area contributed by atoms with Crippen molar-refractivity contribution in [2.75, 3.05) is 6.61 Å². The van der Waals surface area contributed by atoms with Crippen LogP contribution >= 0.6 is 0 Å². The van der Waals surface area contributed by atoms with Crippen LogP contribution in [0.5, 0.6) is 5.75 Å². The molecule has 0 saturated heterocycles. The first-order valence-corrected chi connectivity index (χ1v) is 6.96. The molecule has 1 aliphatic rings. The quantitative estimate of drug-likeness (QED) is 0.492. The number of nitrogens with zero attached hydrogens (tertiary/aromatic N) is 1. The molecule has 0 amide bonds. The van der Waals surface area contributed by atoms with Gasteiger partial charge in [-0.25, -0.2) is 4.79 Å². The van der Waals surface area contributed by atoms with Gasteiger partial charge in [-0.15, -0.1) is 0 Å². The Morgan fingerprint density at radius 2 is 1.91 bits per heavy atom. The van der Waals surface area contributed by atoms with E-state index in [1.165, 1.54) is 12.1 Å². The number of para-hydroxylation sites is 1. The van der Waals surface area contributed by atoms with Gasteiger partial charge in [-0.3, -0.25) is 10.1 Å². The number of hydrogen-bond donors (Lipinski definition) is 0. The van der Waals surface area contributed by atoms with E-state index >= 15 is 0 Å². The Hall–Kier alpha value is -3.15. The van der Waals surface area contributed by atoms with Gasteiger partial charge in [0.2, 0.25) is 0 Å². The fraction of sp³-hybridized carbons (Fsp3) is 0.118. The minimum atomic E-state index is -0.475. The maximum absolute atomic E-state index is 12.1. The molecule has 0 aromatic heterocycles. The zero-order chi connectivity index (χ0) is 16.2. The first-order valence-electron chi connectivity index (χ1n) is 6.96. The maximum atomic E-state index is 12.1. The molecule has 0 saturated carbocycles. The summed E-state index contributed by atoms with van der Waals surface area (Å²) in [6.07, 6.45) is 1.75. The highest BCUT2D eigenvalue weighted by molar-refractivity contribution is 5.95. The Bertz CT molecular complexity index is 780. The number of hydrogen-bond acceptors (Lipinski definition) is 5. The van der Waals surface area contributed by atoms with Crippen LogP contribution in [-0.2, 0) is 16.1 Å². The van der Waals surface area contributed by atoms with Crippen LogP contribution in [0.15, 0.2) is 54.1 Å². The van der Waals surface area contributed by atoms with Crippen molar-refractivity contribution in [3.8, 4) is 5.75 Å². The van der Waals surface area contributed by atoms with Crippen molar-refractivity contribution in [1.82, 2.24) is 0 Å². The predicted octanol–water partition coefficient (Wildman–Crippen LogP) is 3.11. The van der Waals surface area contributed by atoms with Crippen LogP contribution in [0.2, 0.25) is 0 Å². The van der Waals surface area contributed by atoms with Gasteiger partial charge < -0.3 is 9.47 Å². The van der Waals surface area contributed by atoms with Gasteiger partial charge in [0.25, 0.3) is 5.69 Å². The van der Waals surface area contributed by atoms with Crippen LogP contribution in [0.3, 0.4) is 0 Å². The van der Waals surface area contributed by atoms with Gasteiger partial charge in [-0.2, -0.15) is 0 Å². The highest BCUT2D eigenvalue weighted by Gasteiger charge is 2.18. The Morgan fingerprint density at radius 1 is 1.17 bits per heavy atom. The van der Waals surface area contributed by atoms with Crippen molar-refractivity contribution in [2.24, 2.45) is 0 Å². The number of non-ortho nitro benzene ring substituents is 1. The van der Waals surface area contributed by atoms with Gasteiger partial charge >= 0.3 is 5.97 Å². The lowest BCUT2D eigenvalue weighted by molar-refractivity contribution is -0.384. The molecule has 116 valence electrons. The van der Waals surface area contributed by atoms with E-state index in [0.29, 0.717) is 11.1 Å². The number of carbonyl (C=O) groups is 1. The summed E-state index contributed by atoms with van der Waals surface area (Å²) < 4.78 is 10.7. The molecule has 3 rings (SSSR count). The third kappa shape index (κ3) is 3.37. The first kappa shape index (κ1) is 14.8. The number of ether oxygens (including phenoxy) is 2. The van der Waals surface area contributed by atoms with Gasteiger partial charge in [0.15, 0.2) is 0 Å².